The third-order valence-corrected chi connectivity index (χ3v) is 11.1. The van der Waals surface area contributed by atoms with Crippen molar-refractivity contribution in [2.75, 3.05) is 0 Å². The van der Waals surface area contributed by atoms with Crippen molar-refractivity contribution in [3.05, 3.63) is 0 Å². The molecule has 0 saturated heterocycles. The van der Waals surface area contributed by atoms with Crippen LogP contribution in [0.5, 0.6) is 0 Å². The fraction of sp³-hybridized carbons (Fsp3) is 1.00. The van der Waals surface area contributed by atoms with Gasteiger partial charge >= 0.3 is 146 Å². The third kappa shape index (κ3) is 9.55. The van der Waals surface area contributed by atoms with E-state index < -0.39 is 146 Å². The standard InChI is InChI=1S/C23F50O3Si/c24-1(25,2(26,27)4(30,31)6(34,35)8(38,39)10(42,43)12(46,47)14(50,51)16(54,55)56)3(28,29)5(32,33)7(36,37)9(40,41)11(44,45)13(48,49)15(52,53)23(72,73)77(74-20(66,67)17(57,58)59,75-21(68,69)18(60,61)62)76-22(70,71)19(63,64)65. The molecular weight excluding hydrogens is 1300 g/mol. The molecule has 0 aromatic carbocycles. The van der Waals surface area contributed by atoms with E-state index in [0.29, 0.717) is 0 Å². The molecule has 0 bridgehead atoms. The topological polar surface area (TPSA) is 27.7 Å². The molecule has 464 valence electrons. The second-order valence-corrected chi connectivity index (χ2v) is 15.9. The van der Waals surface area contributed by atoms with E-state index in [0.717, 1.165) is 13.3 Å². The molecule has 3 nitrogen and oxygen atoms in total. The van der Waals surface area contributed by atoms with E-state index in [1.165, 1.54) is 0 Å². The van der Waals surface area contributed by atoms with Gasteiger partial charge in [-0.05, 0) is 0 Å². The molecule has 0 aliphatic heterocycles. The Morgan fingerprint density at radius 2 is 0.260 bits per heavy atom. The van der Waals surface area contributed by atoms with Gasteiger partial charge in [0.15, 0.2) is 0 Å². The average Bonchev–Trinajstić information content (AvgIpc) is 3.14. The molecule has 0 saturated carbocycles. The largest absolute Gasteiger partial charge is 0.595 e. The highest BCUT2D eigenvalue weighted by Crippen LogP contribution is 2.71. The van der Waals surface area contributed by atoms with Crippen LogP contribution in [0.4, 0.5) is 220 Å². The van der Waals surface area contributed by atoms with Gasteiger partial charge < -0.3 is 13.3 Å². The van der Waals surface area contributed by atoms with Crippen LogP contribution in [0.3, 0.4) is 0 Å². The van der Waals surface area contributed by atoms with Crippen molar-refractivity contribution < 1.29 is 233 Å². The first-order valence-corrected chi connectivity index (χ1v) is 17.4. The molecule has 0 rings (SSSR count). The summed E-state index contributed by atoms with van der Waals surface area (Å²) in [5.41, 5.74) is -10.7. The predicted molar refractivity (Wildman–Crippen MR) is 127 cm³/mol. The van der Waals surface area contributed by atoms with Gasteiger partial charge in [-0.25, -0.2) is 0 Å². The van der Waals surface area contributed by atoms with Crippen LogP contribution in [-0.2, 0) is 13.3 Å². The molecule has 54 heteroatoms. The van der Waals surface area contributed by atoms with Gasteiger partial charge in [0.05, 0.1) is 0 Å². The van der Waals surface area contributed by atoms with Gasteiger partial charge in [0.1, 0.15) is 0 Å². The third-order valence-electron chi connectivity index (χ3n) is 8.43. The second-order valence-electron chi connectivity index (χ2n) is 13.6. The Labute approximate surface area is 380 Å². The number of hydrogen-bond donors (Lipinski definition) is 0. The smallest absolute Gasteiger partial charge is 0.302 e. The summed E-state index contributed by atoms with van der Waals surface area (Å²) >= 11 is 0. The Hall–Kier alpha value is -3.40. The highest BCUT2D eigenvalue weighted by molar-refractivity contribution is 6.64. The molecule has 0 fully saturated rings. The SMILES string of the molecule is FC(F)(F)C(F)(F)O[Si](OC(F)(F)C(F)(F)F)(OC(F)(F)C(F)(F)F)C(F)(F)C(F)(F)C(F)(F)C(F)(F)C(F)(F)C(F)(F)C(F)(F)C(F)(F)C(F)(F)C(F)(F)C(F)(F)C(F)(F)C(F)(F)C(F)(F)C(F)(F)C(F)(F)C(F)(F)F. The van der Waals surface area contributed by atoms with Crippen LogP contribution in [0.2, 0.25) is 0 Å². The van der Waals surface area contributed by atoms with Crippen molar-refractivity contribution in [1.29, 1.82) is 0 Å². The van der Waals surface area contributed by atoms with Gasteiger partial charge in [-0.1, -0.05) is 0 Å². The highest BCUT2D eigenvalue weighted by Gasteiger charge is 3.03. The Morgan fingerprint density at radius 3 is 0.377 bits per heavy atom. The van der Waals surface area contributed by atoms with Gasteiger partial charge in [-0.15, -0.1) is 0 Å². The number of hydrogen-bond acceptors (Lipinski definition) is 3. The normalized spacial score (nSPS) is 17.4. The van der Waals surface area contributed by atoms with Crippen molar-refractivity contribution in [2.45, 2.75) is 137 Å². The monoisotopic (exact) mass is 1300 g/mol. The lowest BCUT2D eigenvalue weighted by Gasteiger charge is -2.48. The molecule has 0 aliphatic rings. The molecule has 0 spiro atoms. The maximum Gasteiger partial charge on any atom is 0.595 e. The fourth-order valence-corrected chi connectivity index (χ4v) is 6.48. The van der Waals surface area contributed by atoms with Gasteiger partial charge in [0.2, 0.25) is 0 Å². The summed E-state index contributed by atoms with van der Waals surface area (Å²) in [6, 6.07) is 0. The van der Waals surface area contributed by atoms with Crippen molar-refractivity contribution in [1.82, 2.24) is 0 Å². The molecular formula is C23F50O3Si. The Morgan fingerprint density at radius 1 is 0.143 bits per heavy atom. The summed E-state index contributed by atoms with van der Waals surface area (Å²) in [6.45, 7) is 0. The van der Waals surface area contributed by atoms with E-state index in [9.17, 15) is 211 Å². The molecule has 0 aromatic heterocycles. The zero-order chi connectivity index (χ0) is 64.1. The van der Waals surface area contributed by atoms with E-state index >= 15 is 8.78 Å². The number of rotatable bonds is 22. The molecule has 0 aliphatic carbocycles. The first-order valence-electron chi connectivity index (χ1n) is 15.7. The lowest BCUT2D eigenvalue weighted by Crippen LogP contribution is -2.82. The number of alkyl halides is 50. The molecule has 77 heavy (non-hydrogen) atoms. The van der Waals surface area contributed by atoms with Crippen LogP contribution in [0.1, 0.15) is 0 Å². The first-order chi connectivity index (χ1) is 32.1. The van der Waals surface area contributed by atoms with Crippen molar-refractivity contribution >= 4 is 8.80 Å². The highest BCUT2D eigenvalue weighted by atomic mass is 28.4. The van der Waals surface area contributed by atoms with Crippen LogP contribution in [0.25, 0.3) is 0 Å². The molecule has 0 atom stereocenters. The molecule has 0 aromatic rings. The summed E-state index contributed by atoms with van der Waals surface area (Å²) in [6.07, 6.45) is -62.2. The van der Waals surface area contributed by atoms with Crippen molar-refractivity contribution in [3.8, 4) is 0 Å². The summed E-state index contributed by atoms with van der Waals surface area (Å²) in [5.74, 6) is -159. The predicted octanol–water partition coefficient (Wildman–Crippen LogP) is 15.7. The minimum absolute atomic E-state index is 0.808. The maximum atomic E-state index is 15.0. The van der Waals surface area contributed by atoms with Gasteiger partial charge in [-0.3, -0.25) is 0 Å². The summed E-state index contributed by atoms with van der Waals surface area (Å²) in [5, 5.41) is 0. The minimum atomic E-state index is -12.4. The lowest BCUT2D eigenvalue weighted by molar-refractivity contribution is -0.492. The Bertz CT molecular complexity index is 2020. The van der Waals surface area contributed by atoms with Gasteiger partial charge in [0, 0.05) is 0 Å². The zero-order valence-electron chi connectivity index (χ0n) is 32.1. The maximum absolute atomic E-state index is 15.0. The lowest BCUT2D eigenvalue weighted by atomic mass is 9.82. The number of halogens is 50. The van der Waals surface area contributed by atoms with E-state index in [1.54, 1.807) is 0 Å². The van der Waals surface area contributed by atoms with Crippen molar-refractivity contribution in [3.63, 3.8) is 0 Å². The average molecular weight is 1300 g/mol. The minimum Gasteiger partial charge on any atom is -0.302 e. The van der Waals surface area contributed by atoms with Crippen LogP contribution in [0, 0.1) is 0 Å². The van der Waals surface area contributed by atoms with E-state index in [-0.39, 0.29) is 0 Å². The van der Waals surface area contributed by atoms with E-state index in [1.807, 2.05) is 0 Å². The van der Waals surface area contributed by atoms with Gasteiger partial charge in [-0.2, -0.15) is 220 Å². The zero-order valence-corrected chi connectivity index (χ0v) is 33.1. The molecule has 0 heterocycles. The van der Waals surface area contributed by atoms with Crippen LogP contribution in [-0.4, -0.2) is 146 Å². The Balaban J connectivity index is 8.74. The molecule has 0 radical (unpaired) electrons. The van der Waals surface area contributed by atoms with Gasteiger partial charge in [0.25, 0.3) is 0 Å². The van der Waals surface area contributed by atoms with Crippen molar-refractivity contribution in [2.24, 2.45) is 0 Å². The summed E-state index contributed by atoms with van der Waals surface area (Å²) < 4.78 is 684. The summed E-state index contributed by atoms with van der Waals surface area (Å²) in [7, 11) is -12.4. The van der Waals surface area contributed by atoms with Crippen LogP contribution in [0.15, 0.2) is 0 Å². The molecule has 0 unspecified atom stereocenters. The second kappa shape index (κ2) is 18.0. The van der Waals surface area contributed by atoms with Crippen LogP contribution >= 0.6 is 0 Å². The quantitative estimate of drug-likeness (QED) is 0.0799. The summed E-state index contributed by atoms with van der Waals surface area (Å²) in [4.78, 5) is 0. The molecule has 0 amide bonds. The Kier molecular flexibility index (Phi) is 17.2. The first kappa shape index (κ1) is 73.6. The molecule has 0 N–H and O–H groups in total. The van der Waals surface area contributed by atoms with E-state index in [2.05, 4.69) is 0 Å². The fourth-order valence-electron chi connectivity index (χ4n) is 4.07. The van der Waals surface area contributed by atoms with Crippen LogP contribution < -0.4 is 0 Å². The van der Waals surface area contributed by atoms with E-state index in [4.69, 9.17) is 0 Å².